The Hall–Kier alpha value is -3.15. The number of allylic oxidation sites excluding steroid dienone is 2. The lowest BCUT2D eigenvalue weighted by atomic mass is 9.94. The van der Waals surface area contributed by atoms with E-state index in [2.05, 4.69) is 35.4 Å². The lowest BCUT2D eigenvalue weighted by molar-refractivity contribution is -0.140. The lowest BCUT2D eigenvalue weighted by Crippen LogP contribution is -2.34. The highest BCUT2D eigenvalue weighted by Crippen LogP contribution is 2.33. The van der Waals surface area contributed by atoms with Gasteiger partial charge in [-0.15, -0.1) is 0 Å². The summed E-state index contributed by atoms with van der Waals surface area (Å²) in [6, 6.07) is 9.71. The number of nitrogens with one attached hydrogen (secondary N) is 1. The second-order valence-electron chi connectivity index (χ2n) is 7.92. The molecule has 188 valence electrons. The molecule has 6 heteroatoms. The summed E-state index contributed by atoms with van der Waals surface area (Å²) in [4.78, 5) is 14.1. The zero-order valence-corrected chi connectivity index (χ0v) is 21.3. The molecule has 0 bridgehead atoms. The van der Waals surface area contributed by atoms with Crippen LogP contribution in [0.5, 0.6) is 5.75 Å². The number of unbranched alkanes of at least 4 members (excludes halogenated alkanes) is 2. The van der Waals surface area contributed by atoms with Gasteiger partial charge in [0, 0.05) is 26.1 Å². The minimum atomic E-state index is -0.794. The average molecular weight is 471 g/mol. The Morgan fingerprint density at radius 2 is 1.82 bits per heavy atom. The van der Waals surface area contributed by atoms with Crippen molar-refractivity contribution in [2.24, 2.45) is 5.92 Å². The number of likely N-dealkylation sites (N-methyl/N-ethyl adjacent to an activating group) is 1. The first-order valence-corrected chi connectivity index (χ1v) is 12.3. The number of hydrogen-bond acceptors (Lipinski definition) is 5. The zero-order chi connectivity index (χ0) is 25.2. The Kier molecular flexibility index (Phi) is 14.7. The molecule has 1 atom stereocenters. The first kappa shape index (κ1) is 28.9. The van der Waals surface area contributed by atoms with Gasteiger partial charge in [-0.25, -0.2) is 0 Å². The van der Waals surface area contributed by atoms with Gasteiger partial charge in [0.1, 0.15) is 5.75 Å². The van der Waals surface area contributed by atoms with Gasteiger partial charge in [-0.3, -0.25) is 4.79 Å². The van der Waals surface area contributed by atoms with Gasteiger partial charge in [0.25, 0.3) is 0 Å². The van der Waals surface area contributed by atoms with Gasteiger partial charge >= 0.3 is 5.97 Å². The number of benzene rings is 1. The molecule has 34 heavy (non-hydrogen) atoms. The number of nitrogens with zero attached hydrogens (tertiary/aromatic N) is 1. The molecule has 0 spiro atoms. The fourth-order valence-corrected chi connectivity index (χ4v) is 3.49. The molecule has 6 nitrogen and oxygen atoms in total. The molecular formula is C28H42N2O4. The van der Waals surface area contributed by atoms with Gasteiger partial charge in [-0.2, -0.15) is 0 Å². The highest BCUT2D eigenvalue weighted by molar-refractivity contribution is 5.73. The summed E-state index contributed by atoms with van der Waals surface area (Å²) < 4.78 is 10.9. The van der Waals surface area contributed by atoms with Crippen LogP contribution in [0.25, 0.3) is 0 Å². The highest BCUT2D eigenvalue weighted by Gasteiger charge is 2.30. The van der Waals surface area contributed by atoms with Crippen LogP contribution in [0.15, 0.2) is 78.7 Å². The molecule has 1 aliphatic carbocycles. The van der Waals surface area contributed by atoms with Crippen molar-refractivity contribution < 1.29 is 19.4 Å². The van der Waals surface area contributed by atoms with Gasteiger partial charge in [0.05, 0.1) is 29.8 Å². The summed E-state index contributed by atoms with van der Waals surface area (Å²) >= 11 is 0. The maximum Gasteiger partial charge on any atom is 0.310 e. The summed E-state index contributed by atoms with van der Waals surface area (Å²) in [6.45, 7) is 14.1. The number of carbonyl (C=O) groups is 1. The molecule has 0 unspecified atom stereocenters. The third-order valence-electron chi connectivity index (χ3n) is 5.19. The van der Waals surface area contributed by atoms with Crippen molar-refractivity contribution in [1.29, 1.82) is 0 Å². The molecule has 0 heterocycles. The molecule has 0 radical (unpaired) electrons. The maximum atomic E-state index is 11.8. The Bertz CT molecular complexity index is 807. The minimum Gasteiger partial charge on any atom is -0.481 e. The first-order chi connectivity index (χ1) is 16.5. The first-order valence-electron chi connectivity index (χ1n) is 12.3. The number of ether oxygens (including phenoxy) is 2. The monoisotopic (exact) mass is 470 g/mol. The molecule has 1 aliphatic rings. The van der Waals surface area contributed by atoms with E-state index in [1.807, 2.05) is 44.2 Å². The van der Waals surface area contributed by atoms with Crippen molar-refractivity contribution in [3.63, 3.8) is 0 Å². The van der Waals surface area contributed by atoms with Gasteiger partial charge < -0.3 is 24.8 Å². The Labute approximate surface area is 205 Å². The predicted molar refractivity (Wildman–Crippen MR) is 139 cm³/mol. The van der Waals surface area contributed by atoms with Crippen molar-refractivity contribution in [3.05, 3.63) is 78.7 Å². The van der Waals surface area contributed by atoms with Crippen molar-refractivity contribution in [2.45, 2.75) is 59.8 Å². The molecular weight excluding hydrogens is 428 g/mol. The van der Waals surface area contributed by atoms with Crippen LogP contribution in [0.3, 0.4) is 0 Å². The number of rotatable bonds is 14. The standard InChI is InChI=1S/C23H34N2O3.C5H8O/c1-4-7-14-25(15-8-5-2)21-17-18(23(26)27)16-20(24-6-3)22(21)28-19-12-10-9-11-13-19;1-3-5-6-4-2/h9-13,16,18,24H,4-8,14-15,17H2,1-3H3,(H,26,27);3-5H,2H2,1H3/b;5-3-/t18-;/m1./s1. The van der Waals surface area contributed by atoms with Crippen LogP contribution in [0.4, 0.5) is 0 Å². The summed E-state index contributed by atoms with van der Waals surface area (Å²) in [5, 5.41) is 13.0. The van der Waals surface area contributed by atoms with Crippen molar-refractivity contribution >= 4 is 5.97 Å². The maximum absolute atomic E-state index is 11.8. The Morgan fingerprint density at radius 3 is 2.29 bits per heavy atom. The van der Waals surface area contributed by atoms with E-state index in [1.54, 1.807) is 18.4 Å². The number of aliphatic carboxylic acids is 1. The summed E-state index contributed by atoms with van der Waals surface area (Å²) in [5.41, 5.74) is 1.77. The van der Waals surface area contributed by atoms with E-state index in [-0.39, 0.29) is 0 Å². The van der Waals surface area contributed by atoms with Crippen LogP contribution >= 0.6 is 0 Å². The van der Waals surface area contributed by atoms with Crippen LogP contribution in [-0.4, -0.2) is 35.6 Å². The molecule has 0 fully saturated rings. The van der Waals surface area contributed by atoms with E-state index >= 15 is 0 Å². The molecule has 0 saturated carbocycles. The second kappa shape index (κ2) is 17.3. The molecule has 1 aromatic rings. The Balaban J connectivity index is 0.000000852. The molecule has 0 aliphatic heterocycles. The van der Waals surface area contributed by atoms with E-state index in [0.29, 0.717) is 13.0 Å². The van der Waals surface area contributed by atoms with E-state index in [1.165, 1.54) is 6.26 Å². The molecule has 0 saturated heterocycles. The minimum absolute atomic E-state index is 0.458. The van der Waals surface area contributed by atoms with Gasteiger partial charge in [0.15, 0.2) is 5.76 Å². The van der Waals surface area contributed by atoms with Crippen LogP contribution < -0.4 is 10.1 Å². The summed E-state index contributed by atoms with van der Waals surface area (Å²) in [5.74, 6) is 0.187. The highest BCUT2D eigenvalue weighted by atomic mass is 16.5. The molecule has 0 amide bonds. The third kappa shape index (κ3) is 10.2. The molecule has 2 rings (SSSR count). The number of para-hydroxylation sites is 1. The number of hydrogen-bond donors (Lipinski definition) is 2. The Morgan fingerprint density at radius 1 is 1.18 bits per heavy atom. The molecule has 0 aromatic heterocycles. The second-order valence-corrected chi connectivity index (χ2v) is 7.92. The van der Waals surface area contributed by atoms with E-state index < -0.39 is 11.9 Å². The van der Waals surface area contributed by atoms with Gasteiger partial charge in [0.2, 0.25) is 0 Å². The fourth-order valence-electron chi connectivity index (χ4n) is 3.49. The predicted octanol–water partition coefficient (Wildman–Crippen LogP) is 6.46. The van der Waals surface area contributed by atoms with Crippen LogP contribution in [0.1, 0.15) is 59.8 Å². The largest absolute Gasteiger partial charge is 0.481 e. The van der Waals surface area contributed by atoms with E-state index in [0.717, 1.165) is 61.7 Å². The zero-order valence-electron chi connectivity index (χ0n) is 21.3. The quantitative estimate of drug-likeness (QED) is 0.304. The average Bonchev–Trinajstić information content (AvgIpc) is 2.85. The van der Waals surface area contributed by atoms with Crippen LogP contribution in [0, 0.1) is 5.92 Å². The molecule has 1 aromatic carbocycles. The van der Waals surface area contributed by atoms with E-state index in [9.17, 15) is 9.90 Å². The summed E-state index contributed by atoms with van der Waals surface area (Å²) in [7, 11) is 0. The summed E-state index contributed by atoms with van der Waals surface area (Å²) in [6.07, 6.45) is 11.3. The number of carboxylic acid groups (broad SMARTS) is 1. The topological polar surface area (TPSA) is 71.0 Å². The molecule has 2 N–H and O–H groups in total. The van der Waals surface area contributed by atoms with Crippen molar-refractivity contribution in [1.82, 2.24) is 10.2 Å². The smallest absolute Gasteiger partial charge is 0.310 e. The normalized spacial score (nSPS) is 15.2. The number of carboxylic acids is 1. The van der Waals surface area contributed by atoms with Gasteiger partial charge in [-0.05, 0) is 44.9 Å². The van der Waals surface area contributed by atoms with E-state index in [4.69, 9.17) is 4.74 Å². The third-order valence-corrected chi connectivity index (χ3v) is 5.19. The lowest BCUT2D eigenvalue weighted by Gasteiger charge is -2.34. The fraction of sp³-hybridized carbons (Fsp3) is 0.464. The van der Waals surface area contributed by atoms with Crippen LogP contribution in [-0.2, 0) is 9.53 Å². The van der Waals surface area contributed by atoms with Gasteiger partial charge in [-0.1, -0.05) is 57.5 Å². The van der Waals surface area contributed by atoms with Crippen LogP contribution in [0.2, 0.25) is 0 Å². The SMILES string of the molecule is C=CO/C=C\C.CCCCN(CCCC)C1=C(Oc2ccccc2)C(NCC)=C[C@@H](C(=O)O)C1. The van der Waals surface area contributed by atoms with Crippen molar-refractivity contribution in [3.8, 4) is 5.75 Å². The van der Waals surface area contributed by atoms with Crippen molar-refractivity contribution in [2.75, 3.05) is 19.6 Å².